The third kappa shape index (κ3) is 1.25. The van der Waals surface area contributed by atoms with Crippen LogP contribution >= 0.6 is 46.4 Å². The number of alkyl halides is 4. The molecule has 1 saturated carbocycles. The Labute approximate surface area is 78.6 Å². The van der Waals surface area contributed by atoms with Gasteiger partial charge in [0.05, 0.1) is 10.8 Å². The first-order chi connectivity index (χ1) is 4.55. The lowest BCUT2D eigenvalue weighted by Crippen LogP contribution is -2.17. The molecule has 0 aromatic heterocycles. The summed E-state index contributed by atoms with van der Waals surface area (Å²) in [5.74, 6) is -0.275. The van der Waals surface area contributed by atoms with Gasteiger partial charge in [-0.2, -0.15) is 0 Å². The van der Waals surface area contributed by atoms with Crippen molar-refractivity contribution in [1.82, 2.24) is 0 Å². The number of carbonyl (C=O) groups is 1. The molecule has 0 bridgehead atoms. The number of hydrogen-bond acceptors (Lipinski definition) is 1. The summed E-state index contributed by atoms with van der Waals surface area (Å²) in [6, 6.07) is 0. The standard InChI is InChI=1S/C5H4Cl4O/c6-1-2(7)4(9)5(10)3(1)8/h1-4H. The van der Waals surface area contributed by atoms with Gasteiger partial charge in [0.1, 0.15) is 10.8 Å². The topological polar surface area (TPSA) is 17.1 Å². The van der Waals surface area contributed by atoms with Crippen molar-refractivity contribution in [2.45, 2.75) is 21.5 Å². The van der Waals surface area contributed by atoms with E-state index in [-0.39, 0.29) is 5.78 Å². The van der Waals surface area contributed by atoms with Crippen LogP contribution in [0.25, 0.3) is 0 Å². The van der Waals surface area contributed by atoms with Gasteiger partial charge in [0, 0.05) is 0 Å². The molecule has 0 amide bonds. The number of rotatable bonds is 0. The van der Waals surface area contributed by atoms with E-state index >= 15 is 0 Å². The summed E-state index contributed by atoms with van der Waals surface area (Å²) in [4.78, 5) is 10.9. The van der Waals surface area contributed by atoms with E-state index in [1.807, 2.05) is 0 Å². The van der Waals surface area contributed by atoms with Crippen LogP contribution in [0.3, 0.4) is 0 Å². The van der Waals surface area contributed by atoms with Crippen LogP contribution in [0, 0.1) is 0 Å². The third-order valence-corrected chi connectivity index (χ3v) is 3.81. The van der Waals surface area contributed by atoms with Gasteiger partial charge in [-0.05, 0) is 0 Å². The minimum Gasteiger partial charge on any atom is -0.296 e. The van der Waals surface area contributed by atoms with Crippen molar-refractivity contribution in [1.29, 1.82) is 0 Å². The molecule has 0 saturated heterocycles. The Morgan fingerprint density at radius 3 is 1.30 bits per heavy atom. The van der Waals surface area contributed by atoms with Crippen LogP contribution in [-0.4, -0.2) is 27.3 Å². The zero-order valence-electron chi connectivity index (χ0n) is 4.73. The molecule has 0 aliphatic heterocycles. The number of hydrogen-bond donors (Lipinski definition) is 0. The minimum absolute atomic E-state index is 0.275. The normalized spacial score (nSPS) is 48.2. The fourth-order valence-electron chi connectivity index (χ4n) is 0.789. The zero-order valence-corrected chi connectivity index (χ0v) is 7.75. The molecule has 1 nitrogen and oxygen atoms in total. The van der Waals surface area contributed by atoms with Gasteiger partial charge in [-0.1, -0.05) is 0 Å². The van der Waals surface area contributed by atoms with Crippen LogP contribution in [-0.2, 0) is 4.79 Å². The molecule has 4 unspecified atom stereocenters. The van der Waals surface area contributed by atoms with E-state index < -0.39 is 21.5 Å². The van der Waals surface area contributed by atoms with Gasteiger partial charge >= 0.3 is 0 Å². The molecular weight excluding hydrogens is 218 g/mol. The molecule has 0 radical (unpaired) electrons. The second kappa shape index (κ2) is 3.06. The van der Waals surface area contributed by atoms with E-state index in [0.29, 0.717) is 0 Å². The quantitative estimate of drug-likeness (QED) is 0.572. The summed E-state index contributed by atoms with van der Waals surface area (Å²) in [7, 11) is 0. The summed E-state index contributed by atoms with van der Waals surface area (Å²) in [6.07, 6.45) is 0. The summed E-state index contributed by atoms with van der Waals surface area (Å²) < 4.78 is 0. The highest BCUT2D eigenvalue weighted by molar-refractivity contribution is 6.51. The van der Waals surface area contributed by atoms with Crippen LogP contribution in [0.15, 0.2) is 0 Å². The maximum atomic E-state index is 10.9. The third-order valence-electron chi connectivity index (χ3n) is 1.41. The molecule has 1 aliphatic rings. The van der Waals surface area contributed by atoms with Gasteiger partial charge in [0.15, 0.2) is 5.78 Å². The molecule has 1 rings (SSSR count). The molecule has 1 fully saturated rings. The van der Waals surface area contributed by atoms with Crippen molar-refractivity contribution in [2.24, 2.45) is 0 Å². The van der Waals surface area contributed by atoms with Gasteiger partial charge in [-0.3, -0.25) is 4.79 Å². The van der Waals surface area contributed by atoms with E-state index in [4.69, 9.17) is 46.4 Å². The Kier molecular flexibility index (Phi) is 2.73. The highest BCUT2D eigenvalue weighted by atomic mass is 35.5. The monoisotopic (exact) mass is 220 g/mol. The number of carbonyl (C=O) groups excluding carboxylic acids is 1. The Morgan fingerprint density at radius 2 is 1.20 bits per heavy atom. The van der Waals surface area contributed by atoms with Crippen LogP contribution in [0.1, 0.15) is 0 Å². The molecule has 1 aliphatic carbocycles. The highest BCUT2D eigenvalue weighted by Crippen LogP contribution is 2.33. The SMILES string of the molecule is O=C1C(Cl)C(Cl)C(Cl)C1Cl. The fourth-order valence-corrected chi connectivity index (χ4v) is 2.13. The molecule has 10 heavy (non-hydrogen) atoms. The zero-order chi connectivity index (χ0) is 7.89. The van der Waals surface area contributed by atoms with Crippen LogP contribution in [0.4, 0.5) is 0 Å². The van der Waals surface area contributed by atoms with Crippen molar-refractivity contribution in [2.75, 3.05) is 0 Å². The lowest BCUT2D eigenvalue weighted by Gasteiger charge is -2.05. The molecular formula is C5H4Cl4O. The first kappa shape index (κ1) is 8.92. The highest BCUT2D eigenvalue weighted by Gasteiger charge is 2.46. The molecule has 4 atom stereocenters. The Morgan fingerprint density at radius 1 is 0.900 bits per heavy atom. The van der Waals surface area contributed by atoms with Crippen molar-refractivity contribution < 1.29 is 4.79 Å². The van der Waals surface area contributed by atoms with E-state index in [0.717, 1.165) is 0 Å². The minimum atomic E-state index is -0.730. The summed E-state index contributed by atoms with van der Waals surface area (Å²) in [6.45, 7) is 0. The molecule has 0 aromatic carbocycles. The summed E-state index contributed by atoms with van der Waals surface area (Å²) in [5, 5.41) is -2.55. The second-order valence-corrected chi connectivity index (χ2v) is 4.04. The number of halogens is 4. The van der Waals surface area contributed by atoms with Gasteiger partial charge in [0.2, 0.25) is 0 Å². The van der Waals surface area contributed by atoms with Crippen molar-refractivity contribution in [3.63, 3.8) is 0 Å². The first-order valence-electron chi connectivity index (χ1n) is 2.65. The maximum Gasteiger partial charge on any atom is 0.171 e. The van der Waals surface area contributed by atoms with Crippen molar-refractivity contribution >= 4 is 52.2 Å². The number of Topliss-reactive ketones (excluding diaryl/α,β-unsaturated/α-hetero) is 1. The molecule has 5 heteroatoms. The molecule has 0 heterocycles. The molecule has 0 aromatic rings. The van der Waals surface area contributed by atoms with Gasteiger partial charge in [0.25, 0.3) is 0 Å². The molecule has 58 valence electrons. The van der Waals surface area contributed by atoms with E-state index in [2.05, 4.69) is 0 Å². The second-order valence-electron chi connectivity index (χ2n) is 2.09. The maximum absolute atomic E-state index is 10.9. The van der Waals surface area contributed by atoms with E-state index in [9.17, 15) is 4.79 Å². The lowest BCUT2D eigenvalue weighted by atomic mass is 10.3. The number of ketones is 1. The Hall–Kier alpha value is 0.830. The molecule has 0 spiro atoms. The van der Waals surface area contributed by atoms with Gasteiger partial charge in [-0.25, -0.2) is 0 Å². The van der Waals surface area contributed by atoms with Crippen LogP contribution < -0.4 is 0 Å². The lowest BCUT2D eigenvalue weighted by molar-refractivity contribution is -0.116. The van der Waals surface area contributed by atoms with Crippen molar-refractivity contribution in [3.8, 4) is 0 Å². The van der Waals surface area contributed by atoms with Gasteiger partial charge < -0.3 is 0 Å². The average Bonchev–Trinajstić information content (AvgIpc) is 2.07. The Bertz CT molecular complexity index is 144. The van der Waals surface area contributed by atoms with Crippen molar-refractivity contribution in [3.05, 3.63) is 0 Å². The van der Waals surface area contributed by atoms with Crippen LogP contribution in [0.2, 0.25) is 0 Å². The predicted molar refractivity (Wildman–Crippen MR) is 43.6 cm³/mol. The fraction of sp³-hybridized carbons (Fsp3) is 0.800. The van der Waals surface area contributed by atoms with E-state index in [1.165, 1.54) is 0 Å². The van der Waals surface area contributed by atoms with Crippen LogP contribution in [0.5, 0.6) is 0 Å². The Balaban J connectivity index is 2.78. The summed E-state index contributed by atoms with van der Waals surface area (Å²) >= 11 is 22.4. The summed E-state index contributed by atoms with van der Waals surface area (Å²) in [5.41, 5.74) is 0. The first-order valence-corrected chi connectivity index (χ1v) is 4.40. The largest absolute Gasteiger partial charge is 0.296 e. The predicted octanol–water partition coefficient (Wildman–Crippen LogP) is 2.00. The van der Waals surface area contributed by atoms with Gasteiger partial charge in [-0.15, -0.1) is 46.4 Å². The smallest absolute Gasteiger partial charge is 0.171 e. The van der Waals surface area contributed by atoms with E-state index in [1.54, 1.807) is 0 Å². The molecule has 0 N–H and O–H groups in total. The average molecular weight is 222 g/mol.